The first-order valence-electron chi connectivity index (χ1n) is 23.3. The molecule has 0 fully saturated rings. The minimum absolute atomic E-state index is 0.0228. The second kappa shape index (κ2) is 43.7. The standard InChI is InChI=1S/C48H86NO9P/c1-3-5-7-9-11-13-15-17-19-20-21-22-23-24-25-26-27-28-30-32-34-36-38-40-47(50)58-45(43-56-59(53,54)57-44-46(49)48(51)52)42-55-41-39-37-35-33-31-29-18-16-14-12-10-8-6-4-2/h6,8,12,14,18,20-21,29,33,35,45-46H,3-5,7,9-11,13,15-17,19,22-28,30-32,34,36-44,49H2,1-2H3,(H,51,52)(H,53,54)/b8-6-,14-12-,21-20-,29-18-,35-33-. The van der Waals surface area contributed by atoms with Crippen molar-refractivity contribution < 1.29 is 42.7 Å². The molecule has 0 saturated heterocycles. The molecule has 0 aliphatic rings. The average molecular weight is 852 g/mol. The van der Waals surface area contributed by atoms with Gasteiger partial charge in [-0.15, -0.1) is 0 Å². The third-order valence-corrected chi connectivity index (χ3v) is 10.7. The summed E-state index contributed by atoms with van der Waals surface area (Å²) in [6.45, 7) is 3.62. The molecule has 10 nitrogen and oxygen atoms in total. The Morgan fingerprint density at radius 2 is 0.983 bits per heavy atom. The van der Waals surface area contributed by atoms with Crippen LogP contribution in [0.3, 0.4) is 0 Å². The molecule has 59 heavy (non-hydrogen) atoms. The van der Waals surface area contributed by atoms with Crippen LogP contribution in [-0.4, -0.2) is 60.5 Å². The summed E-state index contributed by atoms with van der Waals surface area (Å²) in [5.41, 5.74) is 5.35. The molecule has 4 N–H and O–H groups in total. The summed E-state index contributed by atoms with van der Waals surface area (Å²) >= 11 is 0. The Kier molecular flexibility index (Phi) is 42.0. The molecule has 0 aromatic carbocycles. The van der Waals surface area contributed by atoms with Gasteiger partial charge >= 0.3 is 19.8 Å². The van der Waals surface area contributed by atoms with Gasteiger partial charge in [0, 0.05) is 13.0 Å². The topological polar surface area (TPSA) is 155 Å². The van der Waals surface area contributed by atoms with Crippen molar-refractivity contribution in [3.63, 3.8) is 0 Å². The Bertz CT molecular complexity index is 1170. The molecule has 11 heteroatoms. The second-order valence-corrected chi connectivity index (χ2v) is 17.0. The van der Waals surface area contributed by atoms with Crippen molar-refractivity contribution in [3.05, 3.63) is 60.8 Å². The lowest BCUT2D eigenvalue weighted by molar-refractivity contribution is -0.154. The summed E-state index contributed by atoms with van der Waals surface area (Å²) in [4.78, 5) is 33.6. The van der Waals surface area contributed by atoms with Crippen molar-refractivity contribution in [2.24, 2.45) is 5.73 Å². The van der Waals surface area contributed by atoms with Crippen molar-refractivity contribution in [3.8, 4) is 0 Å². The summed E-state index contributed by atoms with van der Waals surface area (Å²) in [7, 11) is -4.63. The van der Waals surface area contributed by atoms with E-state index in [1.165, 1.54) is 109 Å². The maximum absolute atomic E-state index is 12.7. The van der Waals surface area contributed by atoms with Gasteiger partial charge in [-0.05, 0) is 70.6 Å². The van der Waals surface area contributed by atoms with E-state index in [9.17, 15) is 19.0 Å². The molecule has 0 amide bonds. The summed E-state index contributed by atoms with van der Waals surface area (Å²) in [6.07, 6.45) is 53.0. The number of carboxylic acids is 1. The number of carboxylic acid groups (broad SMARTS) is 1. The van der Waals surface area contributed by atoms with Crippen molar-refractivity contribution >= 4 is 19.8 Å². The van der Waals surface area contributed by atoms with Gasteiger partial charge in [0.15, 0.2) is 0 Å². The van der Waals surface area contributed by atoms with Gasteiger partial charge in [0.25, 0.3) is 0 Å². The normalized spacial score (nSPS) is 14.4. The van der Waals surface area contributed by atoms with E-state index in [-0.39, 0.29) is 13.0 Å². The largest absolute Gasteiger partial charge is 0.480 e. The van der Waals surface area contributed by atoms with Crippen molar-refractivity contribution in [2.45, 2.75) is 206 Å². The fraction of sp³-hybridized carbons (Fsp3) is 0.750. The number of aliphatic carboxylic acids is 1. The van der Waals surface area contributed by atoms with E-state index in [0.717, 1.165) is 57.8 Å². The Labute approximate surface area is 360 Å². The summed E-state index contributed by atoms with van der Waals surface area (Å²) in [6, 6.07) is -1.48. The van der Waals surface area contributed by atoms with Crippen LogP contribution in [0.4, 0.5) is 0 Å². The number of hydrogen-bond acceptors (Lipinski definition) is 8. The fourth-order valence-corrected chi connectivity index (χ4v) is 6.97. The summed E-state index contributed by atoms with van der Waals surface area (Å²) in [5.74, 6) is -1.80. The van der Waals surface area contributed by atoms with Crippen molar-refractivity contribution in [1.29, 1.82) is 0 Å². The van der Waals surface area contributed by atoms with E-state index < -0.39 is 45.1 Å². The quantitative estimate of drug-likeness (QED) is 0.0233. The first-order chi connectivity index (χ1) is 28.7. The SMILES string of the molecule is CC/C=C\C/C=C\C/C=C\C/C=C\CCCOCC(COP(=O)(O)OCC(N)C(=O)O)OC(=O)CCCCCCCCCCCCC/C=C\CCCCCCCCCC. The van der Waals surface area contributed by atoms with E-state index >= 15 is 0 Å². The first-order valence-corrected chi connectivity index (χ1v) is 24.8. The number of carbonyl (C=O) groups excluding carboxylic acids is 1. The van der Waals surface area contributed by atoms with E-state index in [1.54, 1.807) is 0 Å². The van der Waals surface area contributed by atoms with Gasteiger partial charge in [0.05, 0.1) is 19.8 Å². The zero-order valence-electron chi connectivity index (χ0n) is 37.3. The minimum Gasteiger partial charge on any atom is -0.480 e. The number of unbranched alkanes of at least 4 members (excludes halogenated alkanes) is 20. The molecule has 0 bridgehead atoms. The third-order valence-electron chi connectivity index (χ3n) is 9.78. The van der Waals surface area contributed by atoms with Crippen molar-refractivity contribution in [1.82, 2.24) is 0 Å². The van der Waals surface area contributed by atoms with E-state index in [0.29, 0.717) is 13.0 Å². The molecule has 0 spiro atoms. The van der Waals surface area contributed by atoms with Gasteiger partial charge in [-0.1, -0.05) is 177 Å². The Balaban J connectivity index is 4.20. The van der Waals surface area contributed by atoms with Gasteiger partial charge in [0.1, 0.15) is 12.1 Å². The molecule has 342 valence electrons. The Morgan fingerprint density at radius 3 is 1.49 bits per heavy atom. The highest BCUT2D eigenvalue weighted by molar-refractivity contribution is 7.47. The maximum atomic E-state index is 12.7. The van der Waals surface area contributed by atoms with Gasteiger partial charge in [-0.25, -0.2) is 4.57 Å². The Hall–Kier alpha value is -2.33. The van der Waals surface area contributed by atoms with Crippen LogP contribution in [0.2, 0.25) is 0 Å². The zero-order valence-corrected chi connectivity index (χ0v) is 38.2. The predicted octanol–water partition coefficient (Wildman–Crippen LogP) is 13.2. The van der Waals surface area contributed by atoms with Gasteiger partial charge in [-0.3, -0.25) is 18.6 Å². The molecule has 3 unspecified atom stereocenters. The molecule has 0 aromatic heterocycles. The molecule has 0 heterocycles. The Morgan fingerprint density at radius 1 is 0.559 bits per heavy atom. The van der Waals surface area contributed by atoms with E-state index in [1.807, 2.05) is 0 Å². The highest BCUT2D eigenvalue weighted by atomic mass is 31.2. The monoisotopic (exact) mass is 852 g/mol. The van der Waals surface area contributed by atoms with Crippen LogP contribution in [0.5, 0.6) is 0 Å². The number of phosphoric acid groups is 1. The van der Waals surface area contributed by atoms with Crippen LogP contribution in [0.1, 0.15) is 194 Å². The molecule has 3 atom stereocenters. The molecular weight excluding hydrogens is 765 g/mol. The maximum Gasteiger partial charge on any atom is 0.472 e. The van der Waals surface area contributed by atoms with Gasteiger partial charge in [-0.2, -0.15) is 0 Å². The number of hydrogen-bond donors (Lipinski definition) is 3. The number of allylic oxidation sites excluding steroid dienone is 10. The van der Waals surface area contributed by atoms with Crippen molar-refractivity contribution in [2.75, 3.05) is 26.4 Å². The minimum atomic E-state index is -4.63. The molecule has 0 aliphatic heterocycles. The summed E-state index contributed by atoms with van der Waals surface area (Å²) < 4.78 is 33.3. The highest BCUT2D eigenvalue weighted by Crippen LogP contribution is 2.43. The molecular formula is C48H86NO9P. The average Bonchev–Trinajstić information content (AvgIpc) is 3.21. The predicted molar refractivity (Wildman–Crippen MR) is 244 cm³/mol. The van der Waals surface area contributed by atoms with Crippen LogP contribution in [0, 0.1) is 0 Å². The smallest absolute Gasteiger partial charge is 0.472 e. The number of esters is 1. The van der Waals surface area contributed by atoms with Crippen LogP contribution in [0.15, 0.2) is 60.8 Å². The third kappa shape index (κ3) is 43.6. The van der Waals surface area contributed by atoms with Crippen LogP contribution in [0.25, 0.3) is 0 Å². The fourth-order valence-electron chi connectivity index (χ4n) is 6.19. The molecule has 0 aliphatic carbocycles. The molecule has 0 aromatic rings. The lowest BCUT2D eigenvalue weighted by atomic mass is 10.0. The van der Waals surface area contributed by atoms with Crippen LogP contribution < -0.4 is 5.73 Å². The zero-order chi connectivity index (χ0) is 43.3. The van der Waals surface area contributed by atoms with Crippen LogP contribution in [-0.2, 0) is 32.7 Å². The van der Waals surface area contributed by atoms with E-state index in [4.69, 9.17) is 29.4 Å². The lowest BCUT2D eigenvalue weighted by Crippen LogP contribution is -2.34. The number of ether oxygens (including phenoxy) is 2. The lowest BCUT2D eigenvalue weighted by Gasteiger charge is -2.20. The number of phosphoric ester groups is 1. The van der Waals surface area contributed by atoms with E-state index in [2.05, 4.69) is 74.6 Å². The number of nitrogens with two attached hydrogens (primary N) is 1. The highest BCUT2D eigenvalue weighted by Gasteiger charge is 2.27. The van der Waals surface area contributed by atoms with Crippen LogP contribution >= 0.6 is 7.82 Å². The molecule has 0 rings (SSSR count). The molecule has 0 saturated carbocycles. The second-order valence-electron chi connectivity index (χ2n) is 15.5. The molecule has 0 radical (unpaired) electrons. The van der Waals surface area contributed by atoms with Gasteiger partial charge in [0.2, 0.25) is 0 Å². The van der Waals surface area contributed by atoms with Gasteiger partial charge < -0.3 is 25.2 Å². The summed E-state index contributed by atoms with van der Waals surface area (Å²) in [5, 5.41) is 8.90. The first kappa shape index (κ1) is 56.7. The number of carbonyl (C=O) groups is 2. The number of rotatable bonds is 44.